The van der Waals surface area contributed by atoms with Gasteiger partial charge in [-0.25, -0.2) is 0 Å². The molecule has 2 aliphatic rings. The quantitative estimate of drug-likeness (QED) is 0.696. The summed E-state index contributed by atoms with van der Waals surface area (Å²) in [6.07, 6.45) is 4.11. The Balaban J connectivity index is 1.57. The number of likely N-dealkylation sites (tertiary alicyclic amines) is 2. The Morgan fingerprint density at radius 3 is 2.09 bits per heavy atom. The molecule has 7 heteroatoms. The van der Waals surface area contributed by atoms with Crippen LogP contribution in [0.5, 0.6) is 0 Å². The van der Waals surface area contributed by atoms with Gasteiger partial charge in [0.1, 0.15) is 6.04 Å². The van der Waals surface area contributed by atoms with Crippen LogP contribution in [0.25, 0.3) is 0 Å². The van der Waals surface area contributed by atoms with Crippen LogP contribution in [0.4, 0.5) is 0 Å². The van der Waals surface area contributed by atoms with Gasteiger partial charge in [0, 0.05) is 42.7 Å². The minimum absolute atomic E-state index is 0.000312. The molecule has 2 fully saturated rings. The molecule has 1 unspecified atom stereocenters. The zero-order chi connectivity index (χ0) is 23.3. The number of benzene rings is 1. The molecule has 6 nitrogen and oxygen atoms in total. The average molecular weight is 462 g/mol. The van der Waals surface area contributed by atoms with Crippen molar-refractivity contribution in [2.24, 2.45) is 17.8 Å². The minimum atomic E-state index is -0.575. The zero-order valence-corrected chi connectivity index (χ0v) is 20.2. The standard InChI is InChI=1S/C25H36ClN3O3/c1-17(2)16-22(27-23(30)19-4-6-21(26)7-5-19)25(32)29-14-10-20(11-15-29)24(31)28-12-8-18(3)9-13-28/h4-7,17-18,20,22H,8-16H2,1-3H3,(H,27,30). The fourth-order valence-corrected chi connectivity index (χ4v) is 4.72. The number of piperidine rings is 2. The summed E-state index contributed by atoms with van der Waals surface area (Å²) in [5, 5.41) is 3.49. The van der Waals surface area contributed by atoms with E-state index >= 15 is 0 Å². The van der Waals surface area contributed by atoms with Crippen molar-refractivity contribution in [2.45, 2.75) is 58.9 Å². The lowest BCUT2D eigenvalue weighted by molar-refractivity contribution is -0.142. The van der Waals surface area contributed by atoms with Crippen LogP contribution in [0.15, 0.2) is 24.3 Å². The molecule has 2 saturated heterocycles. The van der Waals surface area contributed by atoms with Crippen LogP contribution < -0.4 is 5.32 Å². The lowest BCUT2D eigenvalue weighted by Gasteiger charge is -2.37. The van der Waals surface area contributed by atoms with Crippen molar-refractivity contribution in [3.63, 3.8) is 0 Å². The van der Waals surface area contributed by atoms with Gasteiger partial charge in [0.2, 0.25) is 11.8 Å². The van der Waals surface area contributed by atoms with Crippen molar-refractivity contribution in [1.29, 1.82) is 0 Å². The largest absolute Gasteiger partial charge is 0.342 e. The summed E-state index contributed by atoms with van der Waals surface area (Å²) in [5.74, 6) is 0.872. The highest BCUT2D eigenvalue weighted by Gasteiger charge is 2.34. The SMILES string of the molecule is CC(C)CC(NC(=O)c1ccc(Cl)cc1)C(=O)N1CCC(C(=O)N2CCC(C)CC2)CC1. The number of nitrogens with one attached hydrogen (secondary N) is 1. The number of halogens is 1. The third-order valence-corrected chi connectivity index (χ3v) is 6.92. The summed E-state index contributed by atoms with van der Waals surface area (Å²) in [4.78, 5) is 42.7. The van der Waals surface area contributed by atoms with E-state index < -0.39 is 6.04 Å². The molecule has 0 bridgehead atoms. The Morgan fingerprint density at radius 2 is 1.53 bits per heavy atom. The second-order valence-electron chi connectivity index (χ2n) is 9.77. The first-order valence-electron chi connectivity index (χ1n) is 11.9. The third-order valence-electron chi connectivity index (χ3n) is 6.67. The maximum Gasteiger partial charge on any atom is 0.251 e. The smallest absolute Gasteiger partial charge is 0.251 e. The molecule has 32 heavy (non-hydrogen) atoms. The van der Waals surface area contributed by atoms with Crippen LogP contribution in [-0.4, -0.2) is 59.7 Å². The summed E-state index contributed by atoms with van der Waals surface area (Å²) < 4.78 is 0. The Morgan fingerprint density at radius 1 is 0.969 bits per heavy atom. The number of hydrogen-bond donors (Lipinski definition) is 1. The van der Waals surface area contributed by atoms with Gasteiger partial charge in [-0.05, 0) is 68.2 Å². The Bertz CT molecular complexity index is 795. The van der Waals surface area contributed by atoms with Gasteiger partial charge >= 0.3 is 0 Å². The van der Waals surface area contributed by atoms with Crippen molar-refractivity contribution >= 4 is 29.3 Å². The molecule has 1 N–H and O–H groups in total. The van der Waals surface area contributed by atoms with E-state index in [2.05, 4.69) is 12.2 Å². The molecule has 0 spiro atoms. The normalized spacial score (nSPS) is 19.2. The van der Waals surface area contributed by atoms with E-state index in [1.54, 1.807) is 24.3 Å². The van der Waals surface area contributed by atoms with E-state index in [0.29, 0.717) is 48.9 Å². The highest BCUT2D eigenvalue weighted by Crippen LogP contribution is 2.24. The first kappa shape index (κ1) is 24.6. The predicted molar refractivity (Wildman–Crippen MR) is 126 cm³/mol. The molecule has 3 rings (SSSR count). The van der Waals surface area contributed by atoms with Crippen molar-refractivity contribution in [1.82, 2.24) is 15.1 Å². The Kier molecular flexibility index (Phi) is 8.57. The average Bonchev–Trinajstić information content (AvgIpc) is 2.78. The third kappa shape index (κ3) is 6.47. The number of amides is 3. The number of hydrogen-bond acceptors (Lipinski definition) is 3. The van der Waals surface area contributed by atoms with Gasteiger partial charge in [0.05, 0.1) is 0 Å². The van der Waals surface area contributed by atoms with Gasteiger partial charge in [-0.2, -0.15) is 0 Å². The molecule has 1 aromatic rings. The fourth-order valence-electron chi connectivity index (χ4n) is 4.59. The maximum absolute atomic E-state index is 13.3. The van der Waals surface area contributed by atoms with Gasteiger partial charge in [-0.15, -0.1) is 0 Å². The number of nitrogens with zero attached hydrogens (tertiary/aromatic N) is 2. The second kappa shape index (κ2) is 11.2. The van der Waals surface area contributed by atoms with Gasteiger partial charge in [0.25, 0.3) is 5.91 Å². The molecular weight excluding hydrogens is 426 g/mol. The van der Waals surface area contributed by atoms with Gasteiger partial charge in [0.15, 0.2) is 0 Å². The molecule has 0 radical (unpaired) electrons. The highest BCUT2D eigenvalue weighted by molar-refractivity contribution is 6.30. The van der Waals surface area contributed by atoms with E-state index in [-0.39, 0.29) is 29.6 Å². The van der Waals surface area contributed by atoms with Crippen LogP contribution in [0.2, 0.25) is 5.02 Å². The Hall–Kier alpha value is -2.08. The fraction of sp³-hybridized carbons (Fsp3) is 0.640. The molecule has 176 valence electrons. The van der Waals surface area contributed by atoms with Crippen LogP contribution in [0, 0.1) is 17.8 Å². The van der Waals surface area contributed by atoms with Gasteiger partial charge in [-0.1, -0.05) is 32.4 Å². The summed E-state index contributed by atoms with van der Waals surface area (Å²) >= 11 is 5.91. The van der Waals surface area contributed by atoms with Crippen molar-refractivity contribution in [3.05, 3.63) is 34.9 Å². The molecule has 0 aliphatic carbocycles. The topological polar surface area (TPSA) is 69.7 Å². The maximum atomic E-state index is 13.3. The Labute approximate surface area is 196 Å². The molecular formula is C25H36ClN3O3. The lowest BCUT2D eigenvalue weighted by Crippen LogP contribution is -2.52. The monoisotopic (exact) mass is 461 g/mol. The van der Waals surface area contributed by atoms with E-state index in [1.807, 2.05) is 23.6 Å². The molecule has 2 heterocycles. The molecule has 2 aliphatic heterocycles. The van der Waals surface area contributed by atoms with Crippen LogP contribution in [0.1, 0.15) is 63.2 Å². The first-order valence-corrected chi connectivity index (χ1v) is 12.3. The van der Waals surface area contributed by atoms with Crippen LogP contribution in [-0.2, 0) is 9.59 Å². The van der Waals surface area contributed by atoms with Crippen molar-refractivity contribution in [2.75, 3.05) is 26.2 Å². The molecule has 0 saturated carbocycles. The first-order chi connectivity index (χ1) is 15.2. The number of rotatable bonds is 6. The van der Waals surface area contributed by atoms with Gasteiger partial charge in [-0.3, -0.25) is 14.4 Å². The van der Waals surface area contributed by atoms with Crippen LogP contribution >= 0.6 is 11.6 Å². The molecule has 0 aromatic heterocycles. The summed E-state index contributed by atoms with van der Waals surface area (Å²) in [6.45, 7) is 9.15. The summed E-state index contributed by atoms with van der Waals surface area (Å²) in [6, 6.07) is 6.08. The van der Waals surface area contributed by atoms with Crippen LogP contribution in [0.3, 0.4) is 0 Å². The second-order valence-corrected chi connectivity index (χ2v) is 10.2. The zero-order valence-electron chi connectivity index (χ0n) is 19.5. The molecule has 1 atom stereocenters. The van der Waals surface area contributed by atoms with E-state index in [0.717, 1.165) is 25.9 Å². The summed E-state index contributed by atoms with van der Waals surface area (Å²) in [5.41, 5.74) is 0.483. The van der Waals surface area contributed by atoms with E-state index in [9.17, 15) is 14.4 Å². The summed E-state index contributed by atoms with van der Waals surface area (Å²) in [7, 11) is 0. The van der Waals surface area contributed by atoms with E-state index in [1.165, 1.54) is 0 Å². The highest BCUT2D eigenvalue weighted by atomic mass is 35.5. The van der Waals surface area contributed by atoms with Gasteiger partial charge < -0.3 is 15.1 Å². The molecule has 1 aromatic carbocycles. The predicted octanol–water partition coefficient (Wildman–Crippen LogP) is 3.98. The van der Waals surface area contributed by atoms with Crippen molar-refractivity contribution < 1.29 is 14.4 Å². The number of carbonyl (C=O) groups excluding carboxylic acids is 3. The van der Waals surface area contributed by atoms with Crippen molar-refractivity contribution in [3.8, 4) is 0 Å². The van der Waals surface area contributed by atoms with E-state index in [4.69, 9.17) is 11.6 Å². The molecule has 3 amide bonds. The number of carbonyl (C=O) groups is 3. The minimum Gasteiger partial charge on any atom is -0.342 e. The lowest BCUT2D eigenvalue weighted by atomic mass is 9.92.